The Kier molecular flexibility index (Phi) is 6.22. The van der Waals surface area contributed by atoms with Gasteiger partial charge in [0.15, 0.2) is 0 Å². The largest absolute Gasteiger partial charge is 0.450 e. The molecule has 1 fully saturated rings. The molecule has 0 spiro atoms. The third-order valence-electron chi connectivity index (χ3n) is 4.33. The second kappa shape index (κ2) is 8.80. The van der Waals surface area contributed by atoms with E-state index in [4.69, 9.17) is 4.74 Å². The molecule has 0 saturated carbocycles. The van der Waals surface area contributed by atoms with Gasteiger partial charge in [-0.3, -0.25) is 4.79 Å². The van der Waals surface area contributed by atoms with Crippen molar-refractivity contribution in [2.45, 2.75) is 19.8 Å². The van der Waals surface area contributed by atoms with Gasteiger partial charge in [-0.25, -0.2) is 9.78 Å². The van der Waals surface area contributed by atoms with Gasteiger partial charge in [-0.1, -0.05) is 30.3 Å². The van der Waals surface area contributed by atoms with E-state index in [-0.39, 0.29) is 12.0 Å². The number of carbonyl (C=O) groups excluding carboxylic acids is 2. The Bertz CT molecular complexity index is 739. The highest BCUT2D eigenvalue weighted by molar-refractivity contribution is 7.09. The van der Waals surface area contributed by atoms with Crippen LogP contribution in [0.1, 0.15) is 18.4 Å². The fourth-order valence-electron chi connectivity index (χ4n) is 2.89. The Morgan fingerprint density at radius 1 is 1.12 bits per heavy atom. The zero-order valence-corrected chi connectivity index (χ0v) is 15.7. The van der Waals surface area contributed by atoms with Crippen molar-refractivity contribution >= 4 is 23.3 Å². The molecule has 2 heterocycles. The van der Waals surface area contributed by atoms with Gasteiger partial charge in [0.25, 0.3) is 0 Å². The molecule has 2 aromatic rings. The normalized spacial score (nSPS) is 14.3. The van der Waals surface area contributed by atoms with E-state index in [0.717, 1.165) is 16.3 Å². The van der Waals surface area contributed by atoms with Crippen molar-refractivity contribution in [2.24, 2.45) is 0 Å². The lowest BCUT2D eigenvalue weighted by atomic mass is 10.2. The first-order valence-corrected chi connectivity index (χ1v) is 9.74. The summed E-state index contributed by atoms with van der Waals surface area (Å²) in [4.78, 5) is 32.2. The molecule has 7 heteroatoms. The Morgan fingerprint density at radius 3 is 2.50 bits per heavy atom. The number of aromatic nitrogens is 1. The van der Waals surface area contributed by atoms with Gasteiger partial charge in [0, 0.05) is 50.0 Å². The number of thiazole rings is 1. The van der Waals surface area contributed by atoms with Crippen LogP contribution in [0.2, 0.25) is 0 Å². The van der Waals surface area contributed by atoms with Crippen molar-refractivity contribution in [3.8, 4) is 11.3 Å². The third-order valence-corrected chi connectivity index (χ3v) is 5.24. The van der Waals surface area contributed by atoms with Crippen molar-refractivity contribution in [3.63, 3.8) is 0 Å². The molecule has 0 aliphatic carbocycles. The van der Waals surface area contributed by atoms with Crippen LogP contribution < -0.4 is 0 Å². The van der Waals surface area contributed by atoms with E-state index in [0.29, 0.717) is 45.6 Å². The molecule has 0 radical (unpaired) electrons. The number of piperazine rings is 1. The van der Waals surface area contributed by atoms with Gasteiger partial charge in [-0.05, 0) is 6.92 Å². The van der Waals surface area contributed by atoms with E-state index >= 15 is 0 Å². The second-order valence-electron chi connectivity index (χ2n) is 6.06. The quantitative estimate of drug-likeness (QED) is 0.808. The molecule has 2 amide bonds. The van der Waals surface area contributed by atoms with Crippen LogP contribution in [0.15, 0.2) is 35.7 Å². The average Bonchev–Trinajstić information content (AvgIpc) is 3.16. The SMILES string of the molecule is CCOC(=O)N1CCN(C(=O)CCc2nc(-c3ccccc3)cs2)CC1. The summed E-state index contributed by atoms with van der Waals surface area (Å²) in [5, 5.41) is 3.01. The molecule has 6 nitrogen and oxygen atoms in total. The van der Waals surface area contributed by atoms with Crippen LogP contribution in [0.5, 0.6) is 0 Å². The third kappa shape index (κ3) is 4.60. The highest BCUT2D eigenvalue weighted by Crippen LogP contribution is 2.22. The maximum atomic E-state index is 12.4. The molecule has 1 aromatic heterocycles. The standard InChI is InChI=1S/C19H23N3O3S/c1-2-25-19(24)22-12-10-21(11-13-22)18(23)9-8-17-20-16(14-26-17)15-6-4-3-5-7-15/h3-7,14H,2,8-13H2,1H3. The van der Waals surface area contributed by atoms with Crippen LogP contribution in [0.25, 0.3) is 11.3 Å². The van der Waals surface area contributed by atoms with Crippen LogP contribution in [-0.2, 0) is 16.0 Å². The fourth-order valence-corrected chi connectivity index (χ4v) is 3.70. The fraction of sp³-hybridized carbons (Fsp3) is 0.421. The lowest BCUT2D eigenvalue weighted by Crippen LogP contribution is -2.50. The van der Waals surface area contributed by atoms with Crippen LogP contribution in [0.3, 0.4) is 0 Å². The Balaban J connectivity index is 1.46. The van der Waals surface area contributed by atoms with Gasteiger partial charge in [0.2, 0.25) is 5.91 Å². The molecular formula is C19H23N3O3S. The molecular weight excluding hydrogens is 350 g/mol. The first-order valence-electron chi connectivity index (χ1n) is 8.86. The van der Waals surface area contributed by atoms with Crippen LogP contribution in [0, 0.1) is 0 Å². The molecule has 0 bridgehead atoms. The van der Waals surface area contributed by atoms with Crippen LogP contribution in [-0.4, -0.2) is 59.6 Å². The summed E-state index contributed by atoms with van der Waals surface area (Å²) < 4.78 is 5.00. The van der Waals surface area contributed by atoms with E-state index < -0.39 is 0 Å². The second-order valence-corrected chi connectivity index (χ2v) is 7.00. The number of nitrogens with zero attached hydrogens (tertiary/aromatic N) is 3. The highest BCUT2D eigenvalue weighted by atomic mass is 32.1. The molecule has 138 valence electrons. The summed E-state index contributed by atoms with van der Waals surface area (Å²) in [6, 6.07) is 10.0. The number of ether oxygens (including phenoxy) is 1. The molecule has 0 atom stereocenters. The topological polar surface area (TPSA) is 62.7 Å². The molecule has 1 aliphatic rings. The predicted octanol–water partition coefficient (Wildman–Crippen LogP) is 3.04. The van der Waals surface area contributed by atoms with E-state index in [2.05, 4.69) is 4.98 Å². The maximum Gasteiger partial charge on any atom is 0.409 e. The molecule has 0 unspecified atom stereocenters. The van der Waals surface area contributed by atoms with Gasteiger partial charge in [0.1, 0.15) is 0 Å². The Hall–Kier alpha value is -2.41. The lowest BCUT2D eigenvalue weighted by molar-refractivity contribution is -0.132. The summed E-state index contributed by atoms with van der Waals surface area (Å²) >= 11 is 1.59. The zero-order chi connectivity index (χ0) is 18.4. The van der Waals surface area contributed by atoms with Crippen molar-refractivity contribution < 1.29 is 14.3 Å². The molecule has 26 heavy (non-hydrogen) atoms. The number of aryl methyl sites for hydroxylation is 1. The van der Waals surface area contributed by atoms with Gasteiger partial charge >= 0.3 is 6.09 Å². The molecule has 3 rings (SSSR count). The summed E-state index contributed by atoms with van der Waals surface area (Å²) in [6.45, 7) is 4.34. The van der Waals surface area contributed by atoms with E-state index in [1.165, 1.54) is 0 Å². The highest BCUT2D eigenvalue weighted by Gasteiger charge is 2.24. The zero-order valence-electron chi connectivity index (χ0n) is 14.9. The van der Waals surface area contributed by atoms with Gasteiger partial charge < -0.3 is 14.5 Å². The minimum atomic E-state index is -0.296. The monoisotopic (exact) mass is 373 g/mol. The summed E-state index contributed by atoms with van der Waals surface area (Å²) in [6.07, 6.45) is 0.797. The molecule has 0 N–H and O–H groups in total. The first-order chi connectivity index (χ1) is 12.7. The number of benzene rings is 1. The number of rotatable bonds is 5. The average molecular weight is 373 g/mol. The number of hydrogen-bond acceptors (Lipinski definition) is 5. The summed E-state index contributed by atoms with van der Waals surface area (Å²) in [5.41, 5.74) is 2.05. The van der Waals surface area contributed by atoms with Crippen molar-refractivity contribution in [1.82, 2.24) is 14.8 Å². The van der Waals surface area contributed by atoms with Gasteiger partial charge in [-0.15, -0.1) is 11.3 Å². The van der Waals surface area contributed by atoms with Gasteiger partial charge in [-0.2, -0.15) is 0 Å². The Labute approximate surface area is 157 Å². The Morgan fingerprint density at radius 2 is 1.81 bits per heavy atom. The summed E-state index contributed by atoms with van der Waals surface area (Å²) in [5.74, 6) is 0.116. The molecule has 1 saturated heterocycles. The van der Waals surface area contributed by atoms with E-state index in [9.17, 15) is 9.59 Å². The van der Waals surface area contributed by atoms with E-state index in [1.54, 1.807) is 23.2 Å². The molecule has 1 aromatic carbocycles. The molecule has 1 aliphatic heterocycles. The van der Waals surface area contributed by atoms with Crippen molar-refractivity contribution in [2.75, 3.05) is 32.8 Å². The lowest BCUT2D eigenvalue weighted by Gasteiger charge is -2.34. The predicted molar refractivity (Wildman–Crippen MR) is 101 cm³/mol. The smallest absolute Gasteiger partial charge is 0.409 e. The van der Waals surface area contributed by atoms with Gasteiger partial charge in [0.05, 0.1) is 17.3 Å². The first kappa shape index (κ1) is 18.4. The number of hydrogen-bond donors (Lipinski definition) is 0. The van der Waals surface area contributed by atoms with Crippen molar-refractivity contribution in [1.29, 1.82) is 0 Å². The van der Waals surface area contributed by atoms with Crippen LogP contribution in [0.4, 0.5) is 4.79 Å². The maximum absolute atomic E-state index is 12.4. The number of amides is 2. The van der Waals surface area contributed by atoms with Crippen LogP contribution >= 0.6 is 11.3 Å². The minimum absolute atomic E-state index is 0.116. The van der Waals surface area contributed by atoms with Crippen molar-refractivity contribution in [3.05, 3.63) is 40.7 Å². The minimum Gasteiger partial charge on any atom is -0.450 e. The summed E-state index contributed by atoms with van der Waals surface area (Å²) in [7, 11) is 0. The van der Waals surface area contributed by atoms with E-state index in [1.807, 2.05) is 40.6 Å². The number of carbonyl (C=O) groups is 2.